The van der Waals surface area contributed by atoms with E-state index in [4.69, 9.17) is 4.55 Å². The van der Waals surface area contributed by atoms with Gasteiger partial charge in [-0.15, -0.1) is 5.06 Å². The fourth-order valence-electron chi connectivity index (χ4n) is 4.22. The molecular weight excluding hydrogens is 504 g/mol. The molecule has 4 atom stereocenters. The van der Waals surface area contributed by atoms with E-state index in [0.717, 1.165) is 25.0 Å². The van der Waals surface area contributed by atoms with Gasteiger partial charge in [-0.05, 0) is 25.7 Å². The first kappa shape index (κ1) is 27.2. The Bertz CT molecular complexity index is 958. The van der Waals surface area contributed by atoms with Crippen LogP contribution in [-0.4, -0.2) is 82.6 Å². The van der Waals surface area contributed by atoms with Crippen LogP contribution in [0.5, 0.6) is 0 Å². The van der Waals surface area contributed by atoms with E-state index >= 15 is 0 Å². The number of rotatable bonds is 13. The Kier molecular flexibility index (Phi) is 9.35. The largest absolute Gasteiger partial charge is 0.356 e. The Morgan fingerprint density at radius 3 is 2.54 bits per heavy atom. The number of amides is 5. The molecule has 0 spiro atoms. The van der Waals surface area contributed by atoms with Crippen molar-refractivity contribution >= 4 is 51.6 Å². The predicted molar refractivity (Wildman–Crippen MR) is 123 cm³/mol. The van der Waals surface area contributed by atoms with E-state index in [1.54, 1.807) is 0 Å². The zero-order valence-electron chi connectivity index (χ0n) is 19.1. The first-order chi connectivity index (χ1) is 16.6. The van der Waals surface area contributed by atoms with Crippen LogP contribution in [0.15, 0.2) is 0 Å². The number of imide groups is 1. The SMILES string of the molecule is O=C(CCCCC1SCC2NC(=O)NC21)NCCCCCC(=O)ON1C(=O)CC(S(=O)(=O)O)C1=O. The summed E-state index contributed by atoms with van der Waals surface area (Å²) in [5.41, 5.74) is 0. The second-order valence-corrected chi connectivity index (χ2v) is 11.6. The Hall–Kier alpha value is -2.39. The van der Waals surface area contributed by atoms with Crippen LogP contribution in [0.25, 0.3) is 0 Å². The van der Waals surface area contributed by atoms with E-state index in [1.165, 1.54) is 0 Å². The lowest BCUT2D eigenvalue weighted by molar-refractivity contribution is -0.197. The summed E-state index contributed by atoms with van der Waals surface area (Å²) in [7, 11) is -4.76. The van der Waals surface area contributed by atoms with Crippen LogP contribution in [0.4, 0.5) is 4.79 Å². The minimum Gasteiger partial charge on any atom is -0.356 e. The summed E-state index contributed by atoms with van der Waals surface area (Å²) < 4.78 is 31.1. The van der Waals surface area contributed by atoms with Crippen molar-refractivity contribution in [2.75, 3.05) is 12.3 Å². The van der Waals surface area contributed by atoms with E-state index in [-0.39, 0.29) is 35.5 Å². The number of carbonyl (C=O) groups is 5. The minimum absolute atomic E-state index is 0.0448. The molecule has 5 amide bonds. The summed E-state index contributed by atoms with van der Waals surface area (Å²) in [5.74, 6) is -2.30. The second kappa shape index (κ2) is 12.0. The molecule has 0 saturated carbocycles. The lowest BCUT2D eigenvalue weighted by Crippen LogP contribution is -2.36. The van der Waals surface area contributed by atoms with Gasteiger partial charge in [-0.25, -0.2) is 9.59 Å². The number of hydroxylamine groups is 2. The standard InChI is InChI=1S/C20H30N4O9S2/c25-15(7-4-3-6-13-18-12(11-34-13)22-20(29)23-18)21-9-5-1-2-8-17(27)33-24-16(26)10-14(19(24)28)35(30,31)32/h12-14,18H,1-11H2,(H,21,25)(H2,22,23,29)(H,30,31,32). The van der Waals surface area contributed by atoms with Crippen molar-refractivity contribution < 1.29 is 41.8 Å². The minimum atomic E-state index is -4.76. The zero-order valence-corrected chi connectivity index (χ0v) is 20.7. The van der Waals surface area contributed by atoms with Crippen LogP contribution in [0.3, 0.4) is 0 Å². The molecule has 0 bridgehead atoms. The van der Waals surface area contributed by atoms with Crippen LogP contribution in [0, 0.1) is 0 Å². The van der Waals surface area contributed by atoms with Gasteiger partial charge < -0.3 is 20.8 Å². The van der Waals surface area contributed by atoms with Crippen molar-refractivity contribution in [1.29, 1.82) is 0 Å². The number of hydrogen-bond donors (Lipinski definition) is 4. The number of carbonyl (C=O) groups excluding carboxylic acids is 5. The van der Waals surface area contributed by atoms with Crippen molar-refractivity contribution in [3.63, 3.8) is 0 Å². The van der Waals surface area contributed by atoms with Gasteiger partial charge in [-0.3, -0.25) is 18.9 Å². The predicted octanol–water partition coefficient (Wildman–Crippen LogP) is -0.138. The highest BCUT2D eigenvalue weighted by Gasteiger charge is 2.48. The second-order valence-electron chi connectivity index (χ2n) is 8.73. The van der Waals surface area contributed by atoms with Crippen LogP contribution in [0.2, 0.25) is 0 Å². The van der Waals surface area contributed by atoms with Crippen molar-refractivity contribution in [2.24, 2.45) is 0 Å². The number of fused-ring (bicyclic) bond motifs is 1. The Balaban J connectivity index is 1.19. The van der Waals surface area contributed by atoms with E-state index in [9.17, 15) is 32.4 Å². The molecule has 3 heterocycles. The summed E-state index contributed by atoms with van der Waals surface area (Å²) in [5, 5.41) is 7.20. The number of nitrogens with one attached hydrogen (secondary N) is 3. The summed E-state index contributed by atoms with van der Waals surface area (Å²) in [6, 6.07) is 0.265. The molecule has 0 aromatic rings. The van der Waals surface area contributed by atoms with Crippen molar-refractivity contribution in [2.45, 2.75) is 80.4 Å². The molecule has 0 radical (unpaired) electrons. The zero-order chi connectivity index (χ0) is 25.6. The van der Waals surface area contributed by atoms with Gasteiger partial charge in [0.2, 0.25) is 5.91 Å². The molecule has 196 valence electrons. The fourth-order valence-corrected chi connectivity index (χ4v) is 6.47. The van der Waals surface area contributed by atoms with Gasteiger partial charge in [0, 0.05) is 30.4 Å². The maximum absolute atomic E-state index is 12.0. The highest BCUT2D eigenvalue weighted by atomic mass is 32.2. The topological polar surface area (TPSA) is 188 Å². The Morgan fingerprint density at radius 2 is 1.83 bits per heavy atom. The summed E-state index contributed by atoms with van der Waals surface area (Å²) in [6.07, 6.45) is 3.76. The van der Waals surface area contributed by atoms with Crippen LogP contribution >= 0.6 is 11.8 Å². The molecule has 4 unspecified atom stereocenters. The van der Waals surface area contributed by atoms with Gasteiger partial charge >= 0.3 is 12.0 Å². The molecule has 3 aliphatic rings. The normalized spacial score (nSPS) is 25.9. The molecule has 0 aliphatic carbocycles. The fraction of sp³-hybridized carbons (Fsp3) is 0.750. The van der Waals surface area contributed by atoms with Crippen LogP contribution in [-0.2, 0) is 34.1 Å². The Morgan fingerprint density at radius 1 is 1.09 bits per heavy atom. The highest BCUT2D eigenvalue weighted by molar-refractivity contribution is 8.00. The number of urea groups is 1. The first-order valence-corrected chi connectivity index (χ1v) is 14.1. The number of nitrogens with zero attached hydrogens (tertiary/aromatic N) is 1. The smallest absolute Gasteiger partial charge is 0.333 e. The van der Waals surface area contributed by atoms with Crippen molar-refractivity contribution in [3.8, 4) is 0 Å². The molecule has 0 aromatic heterocycles. The van der Waals surface area contributed by atoms with Gasteiger partial charge in [-0.2, -0.15) is 20.2 Å². The lowest BCUT2D eigenvalue weighted by atomic mass is 10.0. The van der Waals surface area contributed by atoms with Crippen molar-refractivity contribution in [3.05, 3.63) is 0 Å². The van der Waals surface area contributed by atoms with Gasteiger partial charge in [-0.1, -0.05) is 12.8 Å². The molecule has 3 aliphatic heterocycles. The number of thioether (sulfide) groups is 1. The average molecular weight is 535 g/mol. The van der Waals surface area contributed by atoms with Gasteiger partial charge in [0.25, 0.3) is 21.9 Å². The summed E-state index contributed by atoms with van der Waals surface area (Å²) in [6.45, 7) is 0.451. The maximum atomic E-state index is 12.0. The molecule has 13 nitrogen and oxygen atoms in total. The van der Waals surface area contributed by atoms with E-state index in [0.29, 0.717) is 37.5 Å². The Labute approximate surface area is 207 Å². The van der Waals surface area contributed by atoms with Gasteiger partial charge in [0.15, 0.2) is 5.25 Å². The maximum Gasteiger partial charge on any atom is 0.333 e. The van der Waals surface area contributed by atoms with Gasteiger partial charge in [0.05, 0.1) is 18.5 Å². The van der Waals surface area contributed by atoms with Crippen molar-refractivity contribution in [1.82, 2.24) is 21.0 Å². The monoisotopic (exact) mass is 534 g/mol. The third-order valence-corrected chi connectivity index (χ3v) is 8.67. The average Bonchev–Trinajstić information content (AvgIpc) is 3.41. The molecule has 3 rings (SSSR count). The van der Waals surface area contributed by atoms with Crippen LogP contribution in [0.1, 0.15) is 57.8 Å². The summed E-state index contributed by atoms with van der Waals surface area (Å²) in [4.78, 5) is 63.3. The molecule has 4 N–H and O–H groups in total. The highest BCUT2D eigenvalue weighted by Crippen LogP contribution is 2.33. The molecule has 3 fully saturated rings. The molecular formula is C20H30N4O9S2. The third kappa shape index (κ3) is 7.54. The third-order valence-electron chi connectivity index (χ3n) is 6.08. The van der Waals surface area contributed by atoms with E-state index in [2.05, 4.69) is 20.8 Å². The molecule has 0 aromatic carbocycles. The quantitative estimate of drug-likeness (QED) is 0.107. The summed E-state index contributed by atoms with van der Waals surface area (Å²) >= 11 is 1.85. The van der Waals surface area contributed by atoms with E-state index < -0.39 is 39.6 Å². The molecule has 15 heteroatoms. The first-order valence-electron chi connectivity index (χ1n) is 11.6. The van der Waals surface area contributed by atoms with E-state index in [1.807, 2.05) is 11.8 Å². The van der Waals surface area contributed by atoms with Gasteiger partial charge in [0.1, 0.15) is 0 Å². The number of unbranched alkanes of at least 4 members (excludes halogenated alkanes) is 3. The lowest BCUT2D eigenvalue weighted by Gasteiger charge is -2.16. The molecule has 35 heavy (non-hydrogen) atoms. The molecule has 3 saturated heterocycles. The number of hydrogen-bond acceptors (Lipinski definition) is 9. The van der Waals surface area contributed by atoms with Crippen LogP contribution < -0.4 is 16.0 Å².